The molecule has 0 aliphatic rings. The Kier molecular flexibility index (Phi) is 6.26. The number of H-pyrrole nitrogens is 1. The van der Waals surface area contributed by atoms with E-state index in [1.807, 2.05) is 49.4 Å². The van der Waals surface area contributed by atoms with E-state index in [1.165, 1.54) is 16.5 Å². The number of amides is 1. The summed E-state index contributed by atoms with van der Waals surface area (Å²) < 4.78 is 0. The van der Waals surface area contributed by atoms with E-state index in [2.05, 4.69) is 64.3 Å². The van der Waals surface area contributed by atoms with E-state index in [-0.39, 0.29) is 17.9 Å². The van der Waals surface area contributed by atoms with Crippen LogP contribution < -0.4 is 10.6 Å². The third-order valence-corrected chi connectivity index (χ3v) is 5.53. The third-order valence-electron chi connectivity index (χ3n) is 5.53. The first-order valence-corrected chi connectivity index (χ1v) is 10.4. The number of hydrogen-bond acceptors (Lipinski definition) is 2. The largest absolute Gasteiger partial charge is 0.361 e. The summed E-state index contributed by atoms with van der Waals surface area (Å²) in [5.74, 6) is 0.149. The number of para-hydroxylation sites is 1. The highest BCUT2D eigenvalue weighted by Crippen LogP contribution is 2.30. The summed E-state index contributed by atoms with van der Waals surface area (Å²) >= 11 is 0. The van der Waals surface area contributed by atoms with Crippen LogP contribution in [-0.4, -0.2) is 23.5 Å². The Morgan fingerprint density at radius 1 is 0.900 bits per heavy atom. The molecular weight excluding hydrogens is 370 g/mol. The second-order valence-electron chi connectivity index (χ2n) is 7.59. The van der Waals surface area contributed by atoms with Gasteiger partial charge in [0.1, 0.15) is 0 Å². The first-order valence-electron chi connectivity index (χ1n) is 10.4. The summed E-state index contributed by atoms with van der Waals surface area (Å²) in [5, 5.41) is 7.68. The summed E-state index contributed by atoms with van der Waals surface area (Å²) in [4.78, 5) is 16.0. The Morgan fingerprint density at radius 2 is 1.57 bits per heavy atom. The van der Waals surface area contributed by atoms with Crippen LogP contribution in [0.15, 0.2) is 91.1 Å². The van der Waals surface area contributed by atoms with Gasteiger partial charge in [0.15, 0.2) is 0 Å². The summed E-state index contributed by atoms with van der Waals surface area (Å²) in [6, 6.07) is 28.5. The van der Waals surface area contributed by atoms with Gasteiger partial charge in [-0.05, 0) is 29.7 Å². The van der Waals surface area contributed by atoms with Crippen molar-refractivity contribution < 1.29 is 4.79 Å². The van der Waals surface area contributed by atoms with E-state index in [0.29, 0.717) is 13.1 Å². The Balaban J connectivity index is 1.46. The molecule has 0 bridgehead atoms. The molecule has 0 unspecified atom stereocenters. The monoisotopic (exact) mass is 397 g/mol. The Hall–Kier alpha value is -3.37. The molecule has 1 amide bonds. The van der Waals surface area contributed by atoms with Crippen LogP contribution in [0, 0.1) is 0 Å². The second kappa shape index (κ2) is 9.42. The number of nitrogens with one attached hydrogen (secondary N) is 3. The van der Waals surface area contributed by atoms with Gasteiger partial charge >= 0.3 is 0 Å². The molecule has 0 radical (unpaired) electrons. The number of carbonyl (C=O) groups is 1. The molecule has 2 atom stereocenters. The van der Waals surface area contributed by atoms with Crippen molar-refractivity contribution in [3.63, 3.8) is 0 Å². The van der Waals surface area contributed by atoms with Gasteiger partial charge in [-0.25, -0.2) is 0 Å². The molecule has 3 aromatic carbocycles. The summed E-state index contributed by atoms with van der Waals surface area (Å²) in [7, 11) is 0. The molecule has 30 heavy (non-hydrogen) atoms. The fraction of sp³-hybridized carbons (Fsp3) is 0.192. The lowest BCUT2D eigenvalue weighted by atomic mass is 9.90. The fourth-order valence-electron chi connectivity index (χ4n) is 3.80. The second-order valence-corrected chi connectivity index (χ2v) is 7.59. The van der Waals surface area contributed by atoms with Crippen LogP contribution in [0.25, 0.3) is 10.9 Å². The molecule has 0 aliphatic carbocycles. The smallest absolute Gasteiger partial charge is 0.237 e. The highest BCUT2D eigenvalue weighted by Gasteiger charge is 2.20. The van der Waals surface area contributed by atoms with E-state index in [9.17, 15) is 4.79 Å². The highest BCUT2D eigenvalue weighted by molar-refractivity contribution is 5.84. The number of aromatic amines is 1. The maximum atomic E-state index is 12.6. The molecule has 3 N–H and O–H groups in total. The molecule has 0 fully saturated rings. The highest BCUT2D eigenvalue weighted by atomic mass is 16.2. The number of benzene rings is 3. The molecule has 4 nitrogen and oxygen atoms in total. The van der Waals surface area contributed by atoms with Crippen LogP contribution in [0.1, 0.15) is 29.5 Å². The minimum absolute atomic E-state index is 0.00425. The molecular formula is C26H27N3O. The van der Waals surface area contributed by atoms with Crippen LogP contribution >= 0.6 is 0 Å². The summed E-state index contributed by atoms with van der Waals surface area (Å²) in [6.07, 6.45) is 2.09. The quantitative estimate of drug-likeness (QED) is 0.407. The normalized spacial score (nSPS) is 13.1. The van der Waals surface area contributed by atoms with Gasteiger partial charge in [-0.1, -0.05) is 78.9 Å². The number of fused-ring (bicyclic) bond motifs is 1. The van der Waals surface area contributed by atoms with Crippen molar-refractivity contribution in [2.45, 2.75) is 25.4 Å². The Labute approximate surface area is 177 Å². The SMILES string of the molecule is C[C@H](NC[C@H](c1ccccc1)c1c[nH]c2ccccc12)C(=O)NCc1ccccc1. The zero-order valence-corrected chi connectivity index (χ0v) is 17.1. The molecule has 4 aromatic rings. The number of aromatic nitrogens is 1. The minimum Gasteiger partial charge on any atom is -0.361 e. The van der Waals surface area contributed by atoms with E-state index in [1.54, 1.807) is 0 Å². The molecule has 0 spiro atoms. The van der Waals surface area contributed by atoms with Gasteiger partial charge in [0, 0.05) is 36.1 Å². The lowest BCUT2D eigenvalue weighted by Gasteiger charge is -2.21. The van der Waals surface area contributed by atoms with Crippen LogP contribution in [-0.2, 0) is 11.3 Å². The van der Waals surface area contributed by atoms with E-state index >= 15 is 0 Å². The van der Waals surface area contributed by atoms with Crippen molar-refractivity contribution >= 4 is 16.8 Å². The van der Waals surface area contributed by atoms with Crippen LogP contribution in [0.2, 0.25) is 0 Å². The van der Waals surface area contributed by atoms with Gasteiger partial charge in [-0.3, -0.25) is 4.79 Å². The van der Waals surface area contributed by atoms with E-state index < -0.39 is 0 Å². The first kappa shape index (κ1) is 19.9. The van der Waals surface area contributed by atoms with Gasteiger partial charge < -0.3 is 15.6 Å². The third kappa shape index (κ3) is 4.61. The minimum atomic E-state index is -0.287. The van der Waals surface area contributed by atoms with Crippen molar-refractivity contribution in [3.8, 4) is 0 Å². The van der Waals surface area contributed by atoms with Gasteiger partial charge in [0.25, 0.3) is 0 Å². The van der Waals surface area contributed by atoms with Gasteiger partial charge in [0.05, 0.1) is 6.04 Å². The first-order chi connectivity index (χ1) is 14.7. The molecule has 0 aliphatic heterocycles. The van der Waals surface area contributed by atoms with Crippen LogP contribution in [0.5, 0.6) is 0 Å². The summed E-state index contributed by atoms with van der Waals surface area (Å²) in [5.41, 5.74) is 4.69. The average Bonchev–Trinajstić information content (AvgIpc) is 3.23. The predicted octanol–water partition coefficient (Wildman–Crippen LogP) is 4.59. The molecule has 0 saturated heterocycles. The number of hydrogen-bond donors (Lipinski definition) is 3. The molecule has 0 saturated carbocycles. The van der Waals surface area contributed by atoms with Gasteiger partial charge in [0.2, 0.25) is 5.91 Å². The van der Waals surface area contributed by atoms with Crippen molar-refractivity contribution in [3.05, 3.63) is 108 Å². The Bertz CT molecular complexity index is 1090. The lowest BCUT2D eigenvalue weighted by molar-refractivity contribution is -0.122. The van der Waals surface area contributed by atoms with Crippen molar-refractivity contribution in [1.29, 1.82) is 0 Å². The van der Waals surface area contributed by atoms with Gasteiger partial charge in [-0.15, -0.1) is 0 Å². The van der Waals surface area contributed by atoms with Crippen molar-refractivity contribution in [2.75, 3.05) is 6.54 Å². The fourth-order valence-corrected chi connectivity index (χ4v) is 3.80. The summed E-state index contributed by atoms with van der Waals surface area (Å²) in [6.45, 7) is 3.12. The molecule has 152 valence electrons. The zero-order chi connectivity index (χ0) is 20.8. The molecule has 1 aromatic heterocycles. The maximum Gasteiger partial charge on any atom is 0.237 e. The van der Waals surface area contributed by atoms with E-state index in [4.69, 9.17) is 0 Å². The maximum absolute atomic E-state index is 12.6. The molecule has 1 heterocycles. The predicted molar refractivity (Wildman–Crippen MR) is 122 cm³/mol. The lowest BCUT2D eigenvalue weighted by Crippen LogP contribution is -2.43. The van der Waals surface area contributed by atoms with Crippen LogP contribution in [0.4, 0.5) is 0 Å². The van der Waals surface area contributed by atoms with Crippen LogP contribution in [0.3, 0.4) is 0 Å². The molecule has 4 rings (SSSR count). The van der Waals surface area contributed by atoms with Gasteiger partial charge in [-0.2, -0.15) is 0 Å². The topological polar surface area (TPSA) is 56.9 Å². The number of rotatable bonds is 8. The van der Waals surface area contributed by atoms with Crippen molar-refractivity contribution in [1.82, 2.24) is 15.6 Å². The number of carbonyl (C=O) groups excluding carboxylic acids is 1. The zero-order valence-electron chi connectivity index (χ0n) is 17.1. The average molecular weight is 398 g/mol. The van der Waals surface area contributed by atoms with E-state index in [0.717, 1.165) is 11.1 Å². The van der Waals surface area contributed by atoms with Crippen molar-refractivity contribution in [2.24, 2.45) is 0 Å². The Morgan fingerprint density at radius 3 is 2.33 bits per heavy atom. The standard InChI is InChI=1S/C26H27N3O/c1-19(26(30)29-16-20-10-4-2-5-11-20)27-17-23(21-12-6-3-7-13-21)24-18-28-25-15-9-8-14-22(24)25/h2-15,18-19,23,27-28H,16-17H2,1H3,(H,29,30)/t19-,23+/m0/s1. The molecule has 4 heteroatoms.